The molecule has 8 fully saturated rings. The maximum atomic E-state index is 5.07. The van der Waals surface area contributed by atoms with Crippen LogP contribution in [0.5, 0.6) is 0 Å². The fourth-order valence-corrected chi connectivity index (χ4v) is 25.7. The molecule has 2 heterocycles. The summed E-state index contributed by atoms with van der Waals surface area (Å²) >= 11 is 0. The van der Waals surface area contributed by atoms with Crippen LogP contribution in [-0.4, -0.2) is 46.4 Å². The van der Waals surface area contributed by atoms with Gasteiger partial charge in [0.1, 0.15) is 0 Å². The topological polar surface area (TPSA) is 51.6 Å². The van der Waals surface area contributed by atoms with Gasteiger partial charge in [-0.15, -0.1) is 9.24 Å². The van der Waals surface area contributed by atoms with Crippen LogP contribution < -0.4 is 10.4 Å². The summed E-state index contributed by atoms with van der Waals surface area (Å²) in [5.41, 5.74) is 5.16. The Balaban J connectivity index is 0.000000661. The molecule has 0 aliphatic heterocycles. The van der Waals surface area contributed by atoms with Gasteiger partial charge in [-0.1, -0.05) is 47.2 Å². The van der Waals surface area contributed by atoms with Gasteiger partial charge in [0.05, 0.1) is 19.5 Å². The van der Waals surface area contributed by atoms with E-state index in [0.717, 1.165) is 46.9 Å². The molecule has 0 radical (unpaired) electrons. The summed E-state index contributed by atoms with van der Waals surface area (Å²) in [7, 11) is -0.358. The molecule has 8 saturated carbocycles. The molecule has 294 valence electrons. The molecule has 4 aromatic rings. The van der Waals surface area contributed by atoms with Crippen LogP contribution in [0, 0.1) is 35.5 Å². The van der Waals surface area contributed by atoms with Gasteiger partial charge < -0.3 is 0 Å². The molecule has 8 aliphatic carbocycles. The maximum absolute atomic E-state index is 5.07. The van der Waals surface area contributed by atoms with E-state index < -0.39 is 21.3 Å². The van der Waals surface area contributed by atoms with Crippen LogP contribution in [0.15, 0.2) is 73.6 Å². The number of nitrogens with zero attached hydrogens (tertiary/aromatic N) is 4. The summed E-state index contributed by atoms with van der Waals surface area (Å²) in [5, 5.41) is 4.10. The number of rotatable bonds is 9. The number of hydrogen-bond donors (Lipinski definition) is 0. The fourth-order valence-electron chi connectivity index (χ4n) is 14.1. The first-order valence-electron chi connectivity index (χ1n) is 21.4. The minimum atomic E-state index is -1.77. The summed E-state index contributed by atoms with van der Waals surface area (Å²) in [6.45, 7) is 15.7. The maximum Gasteiger partial charge on any atom is 2.00 e. The molecule has 0 N–H and O–H groups in total. The molecule has 0 saturated heterocycles. The van der Waals surface area contributed by atoms with E-state index in [4.69, 9.17) is 9.97 Å². The Morgan fingerprint density at radius 2 is 1.13 bits per heavy atom. The number of hydrogen-bond acceptors (Lipinski definition) is 4. The van der Waals surface area contributed by atoms with Gasteiger partial charge in [-0.3, -0.25) is 19.9 Å². The van der Waals surface area contributed by atoms with E-state index in [2.05, 4.69) is 64.6 Å². The molecular weight excluding hydrogens is 782 g/mol. The van der Waals surface area contributed by atoms with Crippen LogP contribution in [0.4, 0.5) is 0 Å². The smallest absolute Gasteiger partial charge is 0.261 e. The molecule has 1 atom stereocenters. The van der Waals surface area contributed by atoms with E-state index in [1.165, 1.54) is 50.3 Å². The van der Waals surface area contributed by atoms with E-state index in [9.17, 15) is 0 Å². The third-order valence-electron chi connectivity index (χ3n) is 15.1. The van der Waals surface area contributed by atoms with E-state index in [-0.39, 0.29) is 25.0 Å². The van der Waals surface area contributed by atoms with Gasteiger partial charge in [-0.05, 0) is 129 Å². The van der Waals surface area contributed by atoms with Crippen LogP contribution in [0.2, 0.25) is 39.3 Å². The quantitative estimate of drug-likeness (QED) is 0.0957. The van der Waals surface area contributed by atoms with Crippen LogP contribution in [0.3, 0.4) is 0 Å². The summed E-state index contributed by atoms with van der Waals surface area (Å²) in [5.74, 6) is 5.99. The van der Waals surface area contributed by atoms with Gasteiger partial charge in [0.15, 0.2) is 0 Å². The standard InChI is InChI=1S/C41H59N4P2Si2.C5H5.Fe/c1-48(2,3)35-17-34(41(46,36-24-42-7-9-44-36)37-25-43-8-10-45-37)33(38(35)49(4,5)6)26-47(39-18-27-11-28(19-39)13-29(12-27)20-39)40-21-30-14-31(22-40)16-32(15-30)23-40;1-2-4-5-3-1;/h7-10,17,24-25,27-32H,11-16,18-23,26,46H2,1-6H3;1-5H;/q2*-1;+2. The predicted octanol–water partition coefficient (Wildman–Crippen LogP) is 10.6. The van der Waals surface area contributed by atoms with E-state index in [1.54, 1.807) is 49.3 Å². The fraction of sp³-hybridized carbons (Fsp3) is 0.609. The summed E-state index contributed by atoms with van der Waals surface area (Å²) < 4.78 is 0. The van der Waals surface area contributed by atoms with Gasteiger partial charge in [0, 0.05) is 50.4 Å². The Bertz CT molecular complexity index is 1740. The van der Waals surface area contributed by atoms with Crippen LogP contribution >= 0.6 is 17.2 Å². The van der Waals surface area contributed by atoms with Crippen LogP contribution in [0.1, 0.15) is 99.6 Å². The van der Waals surface area contributed by atoms with Gasteiger partial charge >= 0.3 is 17.1 Å². The second-order valence-corrected chi connectivity index (χ2v) is 35.1. The Morgan fingerprint density at radius 3 is 1.44 bits per heavy atom. The summed E-state index contributed by atoms with van der Waals surface area (Å²) in [4.78, 5) is 19.5. The molecule has 2 aromatic carbocycles. The zero-order valence-electron chi connectivity index (χ0n) is 34.3. The molecular formula is C46H64FeN4P2Si2. The van der Waals surface area contributed by atoms with Crippen LogP contribution in [0.25, 0.3) is 0 Å². The first kappa shape index (κ1) is 40.5. The molecule has 4 nitrogen and oxygen atoms in total. The molecule has 2 aromatic heterocycles. The average molecular weight is 847 g/mol. The Hall–Kier alpha value is -1.33. The van der Waals surface area contributed by atoms with E-state index >= 15 is 0 Å². The second kappa shape index (κ2) is 15.0. The van der Waals surface area contributed by atoms with Crippen molar-refractivity contribution in [1.29, 1.82) is 0 Å². The Labute approximate surface area is 348 Å². The van der Waals surface area contributed by atoms with Crippen molar-refractivity contribution in [2.75, 3.05) is 0 Å². The van der Waals surface area contributed by atoms with Gasteiger partial charge in [-0.2, -0.15) is 39.7 Å². The van der Waals surface area contributed by atoms with Gasteiger partial charge in [0.2, 0.25) is 0 Å². The molecule has 0 amide bonds. The van der Waals surface area contributed by atoms with Crippen molar-refractivity contribution in [1.82, 2.24) is 19.9 Å². The molecule has 1 unspecified atom stereocenters. The largest absolute Gasteiger partial charge is 2.00 e. The SMILES string of the molecule is C[Si](C)(C)c1cc(C(P)(c2cnccn2)c2cnccn2)c(CP(C23CC4CC(CC(C4)C2)C3)C23CC4CC(CC(C4)C2)C3)[c-]1[Si](C)(C)C.[Fe+2].c1cc[cH-]c1. The third-order valence-corrected chi connectivity index (χ3v) is 24.4. The second-order valence-electron chi connectivity index (χ2n) is 21.1. The van der Waals surface area contributed by atoms with Crippen molar-refractivity contribution in [2.45, 2.75) is 138 Å². The van der Waals surface area contributed by atoms with Gasteiger partial charge in [0.25, 0.3) is 0 Å². The van der Waals surface area contributed by atoms with Crippen LogP contribution in [-0.2, 0) is 28.4 Å². The average Bonchev–Trinajstić information content (AvgIpc) is 3.83. The van der Waals surface area contributed by atoms with Crippen molar-refractivity contribution < 1.29 is 17.1 Å². The summed E-state index contributed by atoms with van der Waals surface area (Å²) in [6, 6.07) is 12.7. The minimum absolute atomic E-state index is 0. The van der Waals surface area contributed by atoms with Crippen molar-refractivity contribution >= 4 is 43.7 Å². The van der Waals surface area contributed by atoms with E-state index in [1.807, 2.05) is 72.7 Å². The first-order valence-corrected chi connectivity index (χ1v) is 30.5. The molecule has 8 aliphatic rings. The van der Waals surface area contributed by atoms with Crippen molar-refractivity contribution in [2.24, 2.45) is 35.5 Å². The van der Waals surface area contributed by atoms with Crippen molar-refractivity contribution in [3.05, 3.63) is 96.1 Å². The molecule has 9 heteroatoms. The number of aromatic nitrogens is 4. The normalized spacial score (nSPS) is 32.5. The van der Waals surface area contributed by atoms with Crippen molar-refractivity contribution in [3.63, 3.8) is 0 Å². The Kier molecular flexibility index (Phi) is 11.1. The predicted molar refractivity (Wildman–Crippen MR) is 236 cm³/mol. The van der Waals surface area contributed by atoms with Gasteiger partial charge in [-0.25, -0.2) is 18.2 Å². The van der Waals surface area contributed by atoms with E-state index in [0.29, 0.717) is 10.3 Å². The zero-order chi connectivity index (χ0) is 37.5. The molecule has 12 rings (SSSR count). The molecule has 8 bridgehead atoms. The molecule has 0 spiro atoms. The minimum Gasteiger partial charge on any atom is -0.261 e. The first-order chi connectivity index (χ1) is 25.8. The Morgan fingerprint density at radius 1 is 0.709 bits per heavy atom. The zero-order valence-corrected chi connectivity index (χ0v) is 39.4. The monoisotopic (exact) mass is 846 g/mol. The van der Waals surface area contributed by atoms with Crippen molar-refractivity contribution in [3.8, 4) is 0 Å². The summed E-state index contributed by atoms with van der Waals surface area (Å²) in [6.07, 6.45) is 31.2. The molecule has 55 heavy (non-hydrogen) atoms. The third kappa shape index (κ3) is 7.35.